The Morgan fingerprint density at radius 3 is 2.93 bits per heavy atom. The van der Waals surface area contributed by atoms with Crippen LogP contribution < -0.4 is 4.90 Å². The summed E-state index contributed by atoms with van der Waals surface area (Å²) >= 11 is 0. The summed E-state index contributed by atoms with van der Waals surface area (Å²) in [5, 5.41) is 9.85. The quantitative estimate of drug-likeness (QED) is 0.701. The molecule has 0 aliphatic carbocycles. The third-order valence-corrected chi connectivity index (χ3v) is 2.90. The molecule has 2 rings (SSSR count). The van der Waals surface area contributed by atoms with Crippen molar-refractivity contribution in [1.29, 1.82) is 0 Å². The van der Waals surface area contributed by atoms with Crippen LogP contribution in [0.3, 0.4) is 0 Å². The van der Waals surface area contributed by atoms with Crippen molar-refractivity contribution in [3.05, 3.63) is 29.3 Å². The summed E-state index contributed by atoms with van der Waals surface area (Å²) in [6, 6.07) is 5.77. The van der Waals surface area contributed by atoms with Gasteiger partial charge in [0.25, 0.3) is 0 Å². The second kappa shape index (κ2) is 3.66. The SMILES string of the molecule is CC(=O)N1CCC(O)c2cccc(C)c21. The molecule has 0 radical (unpaired) electrons. The van der Waals surface area contributed by atoms with Crippen LogP contribution in [0.5, 0.6) is 0 Å². The van der Waals surface area contributed by atoms with E-state index in [4.69, 9.17) is 0 Å². The van der Waals surface area contributed by atoms with Crippen molar-refractivity contribution in [3.63, 3.8) is 0 Å². The van der Waals surface area contributed by atoms with Gasteiger partial charge >= 0.3 is 0 Å². The molecule has 1 atom stereocenters. The van der Waals surface area contributed by atoms with Gasteiger partial charge in [-0.2, -0.15) is 0 Å². The maximum absolute atomic E-state index is 11.5. The first-order chi connectivity index (χ1) is 7.11. The summed E-state index contributed by atoms with van der Waals surface area (Å²) in [7, 11) is 0. The molecule has 0 bridgehead atoms. The van der Waals surface area contributed by atoms with E-state index in [0.717, 1.165) is 16.8 Å². The van der Waals surface area contributed by atoms with Crippen LogP contribution in [0, 0.1) is 6.92 Å². The summed E-state index contributed by atoms with van der Waals surface area (Å²) in [6.45, 7) is 4.13. The number of para-hydroxylation sites is 1. The largest absolute Gasteiger partial charge is 0.388 e. The van der Waals surface area contributed by atoms with E-state index in [2.05, 4.69) is 0 Å². The molecule has 1 aromatic carbocycles. The van der Waals surface area contributed by atoms with Crippen molar-refractivity contribution in [2.24, 2.45) is 0 Å². The van der Waals surface area contributed by atoms with Crippen LogP contribution in [0.1, 0.15) is 30.6 Å². The van der Waals surface area contributed by atoms with Crippen LogP contribution in [-0.4, -0.2) is 17.6 Å². The number of hydrogen-bond acceptors (Lipinski definition) is 2. The molecule has 1 unspecified atom stereocenters. The topological polar surface area (TPSA) is 40.5 Å². The van der Waals surface area contributed by atoms with E-state index in [1.165, 1.54) is 0 Å². The molecule has 3 heteroatoms. The molecule has 0 aromatic heterocycles. The fraction of sp³-hybridized carbons (Fsp3) is 0.417. The molecule has 0 saturated heterocycles. The Balaban J connectivity index is 2.56. The Morgan fingerprint density at radius 2 is 2.27 bits per heavy atom. The predicted octanol–water partition coefficient (Wildman–Crippen LogP) is 1.79. The van der Waals surface area contributed by atoms with Crippen molar-refractivity contribution in [1.82, 2.24) is 0 Å². The second-order valence-corrected chi connectivity index (χ2v) is 3.99. The summed E-state index contributed by atoms with van der Waals surface area (Å²) in [5.41, 5.74) is 2.81. The van der Waals surface area contributed by atoms with Gasteiger partial charge in [0, 0.05) is 19.0 Å². The fourth-order valence-corrected chi connectivity index (χ4v) is 2.15. The lowest BCUT2D eigenvalue weighted by molar-refractivity contribution is -0.116. The summed E-state index contributed by atoms with van der Waals surface area (Å²) in [4.78, 5) is 13.2. The Hall–Kier alpha value is -1.35. The van der Waals surface area contributed by atoms with E-state index in [1.807, 2.05) is 25.1 Å². The van der Waals surface area contributed by atoms with Gasteiger partial charge in [-0.25, -0.2) is 0 Å². The van der Waals surface area contributed by atoms with Gasteiger partial charge < -0.3 is 10.0 Å². The average molecular weight is 205 g/mol. The maximum Gasteiger partial charge on any atom is 0.223 e. The lowest BCUT2D eigenvalue weighted by Crippen LogP contribution is -2.35. The number of aliphatic hydroxyl groups is 1. The molecule has 80 valence electrons. The molecule has 0 spiro atoms. The molecule has 1 aliphatic rings. The highest BCUT2D eigenvalue weighted by Gasteiger charge is 2.26. The van der Waals surface area contributed by atoms with Gasteiger partial charge in [0.1, 0.15) is 0 Å². The molecule has 1 aliphatic heterocycles. The third-order valence-electron chi connectivity index (χ3n) is 2.90. The fourth-order valence-electron chi connectivity index (χ4n) is 2.15. The van der Waals surface area contributed by atoms with Crippen molar-refractivity contribution in [3.8, 4) is 0 Å². The van der Waals surface area contributed by atoms with E-state index in [0.29, 0.717) is 13.0 Å². The zero-order valence-corrected chi connectivity index (χ0v) is 9.03. The lowest BCUT2D eigenvalue weighted by Gasteiger charge is -2.32. The number of amides is 1. The van der Waals surface area contributed by atoms with Gasteiger partial charge in [-0.05, 0) is 18.9 Å². The van der Waals surface area contributed by atoms with E-state index >= 15 is 0 Å². The van der Waals surface area contributed by atoms with Gasteiger partial charge in [0.2, 0.25) is 5.91 Å². The Labute approximate surface area is 89.3 Å². The number of carbonyl (C=O) groups excluding carboxylic acids is 1. The maximum atomic E-state index is 11.5. The molecule has 0 fully saturated rings. The minimum atomic E-state index is -0.435. The van der Waals surface area contributed by atoms with Crippen molar-refractivity contribution >= 4 is 11.6 Å². The lowest BCUT2D eigenvalue weighted by atomic mass is 9.96. The van der Waals surface area contributed by atoms with E-state index in [-0.39, 0.29) is 5.91 Å². The van der Waals surface area contributed by atoms with Gasteiger partial charge in [0.15, 0.2) is 0 Å². The number of carbonyl (C=O) groups is 1. The van der Waals surface area contributed by atoms with Crippen molar-refractivity contribution in [2.45, 2.75) is 26.4 Å². The molecule has 1 N–H and O–H groups in total. The van der Waals surface area contributed by atoms with Crippen molar-refractivity contribution < 1.29 is 9.90 Å². The van der Waals surface area contributed by atoms with Gasteiger partial charge in [-0.1, -0.05) is 18.2 Å². The van der Waals surface area contributed by atoms with E-state index in [1.54, 1.807) is 11.8 Å². The number of anilines is 1. The molecule has 0 saturated carbocycles. The highest BCUT2D eigenvalue weighted by Crippen LogP contribution is 2.35. The second-order valence-electron chi connectivity index (χ2n) is 3.99. The van der Waals surface area contributed by atoms with E-state index < -0.39 is 6.10 Å². The summed E-state index contributed by atoms with van der Waals surface area (Å²) in [6.07, 6.45) is 0.186. The third kappa shape index (κ3) is 1.63. The van der Waals surface area contributed by atoms with Crippen LogP contribution in [-0.2, 0) is 4.79 Å². The van der Waals surface area contributed by atoms with Crippen LogP contribution in [0.2, 0.25) is 0 Å². The zero-order valence-electron chi connectivity index (χ0n) is 9.03. The molecular weight excluding hydrogens is 190 g/mol. The average Bonchev–Trinajstić information content (AvgIpc) is 2.19. The smallest absolute Gasteiger partial charge is 0.223 e. The van der Waals surface area contributed by atoms with Gasteiger partial charge in [-0.3, -0.25) is 4.79 Å². The normalized spacial score (nSPS) is 19.9. The molecule has 1 amide bonds. The molecule has 1 heterocycles. The van der Waals surface area contributed by atoms with E-state index in [9.17, 15) is 9.90 Å². The van der Waals surface area contributed by atoms with Crippen molar-refractivity contribution in [2.75, 3.05) is 11.4 Å². The standard InChI is InChI=1S/C12H15NO2/c1-8-4-3-5-10-11(15)6-7-13(9(2)14)12(8)10/h3-5,11,15H,6-7H2,1-2H3. The highest BCUT2D eigenvalue weighted by atomic mass is 16.3. The minimum Gasteiger partial charge on any atom is -0.388 e. The van der Waals surface area contributed by atoms with Crippen LogP contribution in [0.15, 0.2) is 18.2 Å². The number of nitrogens with zero attached hydrogens (tertiary/aromatic N) is 1. The summed E-state index contributed by atoms with van der Waals surface area (Å²) in [5.74, 6) is 0.0393. The highest BCUT2D eigenvalue weighted by molar-refractivity contribution is 5.93. The molecule has 1 aromatic rings. The predicted molar refractivity (Wildman–Crippen MR) is 58.8 cm³/mol. The van der Waals surface area contributed by atoms with Crippen LogP contribution >= 0.6 is 0 Å². The first-order valence-corrected chi connectivity index (χ1v) is 5.17. The van der Waals surface area contributed by atoms with Gasteiger partial charge in [0.05, 0.1) is 11.8 Å². The zero-order chi connectivity index (χ0) is 11.0. The number of fused-ring (bicyclic) bond motifs is 1. The Bertz CT molecular complexity index is 401. The molecule has 15 heavy (non-hydrogen) atoms. The number of hydrogen-bond donors (Lipinski definition) is 1. The number of benzene rings is 1. The first-order valence-electron chi connectivity index (χ1n) is 5.17. The minimum absolute atomic E-state index is 0.0393. The molecule has 3 nitrogen and oxygen atoms in total. The monoisotopic (exact) mass is 205 g/mol. The Morgan fingerprint density at radius 1 is 1.53 bits per heavy atom. The summed E-state index contributed by atoms with van der Waals surface area (Å²) < 4.78 is 0. The number of aryl methyl sites for hydroxylation is 1. The van der Waals surface area contributed by atoms with Gasteiger partial charge in [-0.15, -0.1) is 0 Å². The Kier molecular flexibility index (Phi) is 2.49. The first kappa shape index (κ1) is 10.2. The van der Waals surface area contributed by atoms with Crippen LogP contribution in [0.4, 0.5) is 5.69 Å². The molecular formula is C12H15NO2. The van der Waals surface area contributed by atoms with Crippen LogP contribution in [0.25, 0.3) is 0 Å². The number of rotatable bonds is 0. The number of aliphatic hydroxyl groups excluding tert-OH is 1.